The Kier molecular flexibility index (Phi) is 2.83. The maximum Gasteiger partial charge on any atom is 0.437 e. The van der Waals surface area contributed by atoms with Gasteiger partial charge in [0.15, 0.2) is 5.69 Å². The van der Waals surface area contributed by atoms with E-state index < -0.39 is 11.9 Å². The van der Waals surface area contributed by atoms with Crippen LogP contribution >= 0.6 is 0 Å². The molecule has 14 heavy (non-hydrogen) atoms. The van der Waals surface area contributed by atoms with Crippen molar-refractivity contribution in [1.82, 2.24) is 4.98 Å². The second-order valence-corrected chi connectivity index (χ2v) is 2.40. The van der Waals surface area contributed by atoms with E-state index in [9.17, 15) is 13.2 Å². The van der Waals surface area contributed by atoms with Crippen LogP contribution in [-0.4, -0.2) is 19.2 Å². The highest BCUT2D eigenvalue weighted by Gasteiger charge is 2.36. The van der Waals surface area contributed by atoms with E-state index in [-0.39, 0.29) is 11.6 Å². The van der Waals surface area contributed by atoms with Gasteiger partial charge in [0, 0.05) is 6.07 Å². The summed E-state index contributed by atoms with van der Waals surface area (Å²) in [4.78, 5) is 3.26. The summed E-state index contributed by atoms with van der Waals surface area (Å²) in [5.74, 6) is -0.420. The van der Waals surface area contributed by atoms with E-state index in [1.165, 1.54) is 13.2 Å². The molecule has 0 fully saturated rings. The molecule has 0 unspecified atom stereocenters. The Labute approximate surface area is 78.5 Å². The fraction of sp³-hybridized carbons (Fsp3) is 0.375. The highest BCUT2D eigenvalue weighted by molar-refractivity contribution is 5.33. The molecule has 78 valence electrons. The molecule has 0 radical (unpaired) electrons. The van der Waals surface area contributed by atoms with Gasteiger partial charge in [0.2, 0.25) is 5.88 Å². The van der Waals surface area contributed by atoms with Crippen molar-refractivity contribution in [1.29, 1.82) is 0 Å². The van der Waals surface area contributed by atoms with Crippen LogP contribution in [-0.2, 0) is 6.18 Å². The molecule has 0 aliphatic heterocycles. The van der Waals surface area contributed by atoms with Gasteiger partial charge in [-0.15, -0.1) is 0 Å². The van der Waals surface area contributed by atoms with Crippen molar-refractivity contribution in [2.45, 2.75) is 6.18 Å². The largest absolute Gasteiger partial charge is 0.494 e. The number of aromatic nitrogens is 1. The molecule has 1 rings (SSSR count). The Bertz CT molecular complexity index is 325. The molecule has 0 aromatic carbocycles. The van der Waals surface area contributed by atoms with Crippen LogP contribution in [0, 0.1) is 0 Å². The third kappa shape index (κ3) is 2.07. The SMILES string of the molecule is COc1ccc(OC)c(C(F)(F)F)n1. The first-order valence-electron chi connectivity index (χ1n) is 3.65. The molecule has 0 amide bonds. The van der Waals surface area contributed by atoms with Gasteiger partial charge in [-0.2, -0.15) is 13.2 Å². The molecule has 6 heteroatoms. The molecule has 0 N–H and O–H groups in total. The van der Waals surface area contributed by atoms with Crippen molar-refractivity contribution in [3.63, 3.8) is 0 Å². The summed E-state index contributed by atoms with van der Waals surface area (Å²) in [5, 5.41) is 0. The third-order valence-electron chi connectivity index (χ3n) is 1.53. The minimum absolute atomic E-state index is 0.0990. The van der Waals surface area contributed by atoms with E-state index in [0.717, 1.165) is 13.2 Å². The van der Waals surface area contributed by atoms with Gasteiger partial charge in [-0.05, 0) is 6.07 Å². The molecule has 0 aliphatic rings. The summed E-state index contributed by atoms with van der Waals surface area (Å²) >= 11 is 0. The lowest BCUT2D eigenvalue weighted by atomic mass is 10.3. The van der Waals surface area contributed by atoms with Crippen molar-refractivity contribution >= 4 is 0 Å². The average molecular weight is 207 g/mol. The smallest absolute Gasteiger partial charge is 0.437 e. The highest BCUT2D eigenvalue weighted by atomic mass is 19.4. The summed E-state index contributed by atoms with van der Waals surface area (Å²) < 4.78 is 46.2. The zero-order chi connectivity index (χ0) is 10.8. The van der Waals surface area contributed by atoms with Gasteiger partial charge in [0.1, 0.15) is 5.75 Å². The molecular formula is C8H8F3NO2. The summed E-state index contributed by atoms with van der Waals surface area (Å²) in [5.41, 5.74) is -1.08. The van der Waals surface area contributed by atoms with Gasteiger partial charge < -0.3 is 9.47 Å². The van der Waals surface area contributed by atoms with Crippen LogP contribution in [0.2, 0.25) is 0 Å². The Morgan fingerprint density at radius 1 is 1.14 bits per heavy atom. The molecule has 1 heterocycles. The number of ether oxygens (including phenoxy) is 2. The first-order valence-corrected chi connectivity index (χ1v) is 3.65. The molecule has 0 saturated carbocycles. The standard InChI is InChI=1S/C8H8F3NO2/c1-13-5-3-4-6(14-2)12-7(5)8(9,10)11/h3-4H,1-2H3. The van der Waals surface area contributed by atoms with E-state index >= 15 is 0 Å². The first kappa shape index (κ1) is 10.6. The van der Waals surface area contributed by atoms with Gasteiger partial charge in [-0.1, -0.05) is 0 Å². The zero-order valence-corrected chi connectivity index (χ0v) is 7.55. The van der Waals surface area contributed by atoms with Crippen LogP contribution < -0.4 is 9.47 Å². The minimum Gasteiger partial charge on any atom is -0.494 e. The molecule has 0 bridgehead atoms. The van der Waals surface area contributed by atoms with Gasteiger partial charge in [0.05, 0.1) is 14.2 Å². The predicted octanol–water partition coefficient (Wildman–Crippen LogP) is 2.12. The lowest BCUT2D eigenvalue weighted by Crippen LogP contribution is -2.10. The second-order valence-electron chi connectivity index (χ2n) is 2.40. The maximum absolute atomic E-state index is 12.4. The summed E-state index contributed by atoms with van der Waals surface area (Å²) in [6.45, 7) is 0. The number of pyridine rings is 1. The van der Waals surface area contributed by atoms with Crippen LogP contribution in [0.3, 0.4) is 0 Å². The predicted molar refractivity (Wildman–Crippen MR) is 42.3 cm³/mol. The van der Waals surface area contributed by atoms with Crippen LogP contribution in [0.5, 0.6) is 11.6 Å². The second kappa shape index (κ2) is 3.73. The maximum atomic E-state index is 12.4. The fourth-order valence-corrected chi connectivity index (χ4v) is 0.910. The number of hydrogen-bond donors (Lipinski definition) is 0. The van der Waals surface area contributed by atoms with Crippen molar-refractivity contribution in [3.05, 3.63) is 17.8 Å². The van der Waals surface area contributed by atoms with Crippen molar-refractivity contribution in [2.24, 2.45) is 0 Å². The molecule has 3 nitrogen and oxygen atoms in total. The van der Waals surface area contributed by atoms with Crippen molar-refractivity contribution in [2.75, 3.05) is 14.2 Å². The number of methoxy groups -OCH3 is 2. The number of alkyl halides is 3. The Morgan fingerprint density at radius 2 is 1.79 bits per heavy atom. The zero-order valence-electron chi connectivity index (χ0n) is 7.55. The van der Waals surface area contributed by atoms with Crippen molar-refractivity contribution < 1.29 is 22.6 Å². The lowest BCUT2D eigenvalue weighted by Gasteiger charge is -2.11. The quantitative estimate of drug-likeness (QED) is 0.744. The van der Waals surface area contributed by atoms with E-state index in [4.69, 9.17) is 0 Å². The monoisotopic (exact) mass is 207 g/mol. The van der Waals surface area contributed by atoms with E-state index in [1.807, 2.05) is 0 Å². The number of rotatable bonds is 2. The summed E-state index contributed by atoms with van der Waals surface area (Å²) in [7, 11) is 2.40. The van der Waals surface area contributed by atoms with E-state index in [1.54, 1.807) is 0 Å². The summed E-state index contributed by atoms with van der Waals surface area (Å²) in [6, 6.07) is 2.46. The van der Waals surface area contributed by atoms with Gasteiger partial charge >= 0.3 is 6.18 Å². The van der Waals surface area contributed by atoms with Crippen LogP contribution in [0.1, 0.15) is 5.69 Å². The molecule has 0 spiro atoms. The highest BCUT2D eigenvalue weighted by Crippen LogP contribution is 2.35. The first-order chi connectivity index (χ1) is 6.49. The molecule has 1 aromatic heterocycles. The van der Waals surface area contributed by atoms with Crippen LogP contribution in [0.25, 0.3) is 0 Å². The molecule has 0 saturated heterocycles. The Hall–Kier alpha value is -1.46. The molecule has 0 aliphatic carbocycles. The van der Waals surface area contributed by atoms with Gasteiger partial charge in [0.25, 0.3) is 0 Å². The van der Waals surface area contributed by atoms with Gasteiger partial charge in [-0.3, -0.25) is 0 Å². The van der Waals surface area contributed by atoms with E-state index in [0.29, 0.717) is 0 Å². The fourth-order valence-electron chi connectivity index (χ4n) is 0.910. The number of nitrogens with zero attached hydrogens (tertiary/aromatic N) is 1. The topological polar surface area (TPSA) is 31.4 Å². The van der Waals surface area contributed by atoms with Gasteiger partial charge in [-0.25, -0.2) is 4.98 Å². The van der Waals surface area contributed by atoms with Crippen LogP contribution in [0.15, 0.2) is 12.1 Å². The van der Waals surface area contributed by atoms with Crippen LogP contribution in [0.4, 0.5) is 13.2 Å². The average Bonchev–Trinajstić information content (AvgIpc) is 2.15. The van der Waals surface area contributed by atoms with E-state index in [2.05, 4.69) is 14.5 Å². The Balaban J connectivity index is 3.22. The third-order valence-corrected chi connectivity index (χ3v) is 1.53. The number of hydrogen-bond acceptors (Lipinski definition) is 3. The molecular weight excluding hydrogens is 199 g/mol. The lowest BCUT2D eigenvalue weighted by molar-refractivity contribution is -0.142. The molecule has 0 atom stereocenters. The Morgan fingerprint density at radius 3 is 2.21 bits per heavy atom. The minimum atomic E-state index is -4.54. The molecule has 1 aromatic rings. The summed E-state index contributed by atoms with van der Waals surface area (Å²) in [6.07, 6.45) is -4.54. The number of halogens is 3. The normalized spacial score (nSPS) is 11.2. The van der Waals surface area contributed by atoms with Crippen molar-refractivity contribution in [3.8, 4) is 11.6 Å².